The number of nitrogens with one attached hydrogen (secondary N) is 1. The van der Waals surface area contributed by atoms with Crippen molar-refractivity contribution in [2.45, 2.75) is 45.6 Å². The minimum atomic E-state index is 0.167. The van der Waals surface area contributed by atoms with Gasteiger partial charge in [0.15, 0.2) is 0 Å². The molecule has 1 N–H and O–H groups in total. The predicted molar refractivity (Wildman–Crippen MR) is 71.7 cm³/mol. The number of benzene rings is 1. The largest absolute Gasteiger partial charge is 0.352 e. The van der Waals surface area contributed by atoms with E-state index in [0.717, 1.165) is 18.7 Å². The van der Waals surface area contributed by atoms with Crippen LogP contribution in [-0.4, -0.2) is 6.41 Å². The van der Waals surface area contributed by atoms with E-state index >= 15 is 0 Å². The molecule has 1 amide bonds. The fourth-order valence-electron chi connectivity index (χ4n) is 2.01. The van der Waals surface area contributed by atoms with Crippen LogP contribution in [0.2, 0.25) is 0 Å². The first-order valence-electron chi connectivity index (χ1n) is 6.48. The lowest BCUT2D eigenvalue weighted by Crippen LogP contribution is -2.19. The van der Waals surface area contributed by atoms with Gasteiger partial charge in [0.1, 0.15) is 0 Å². The van der Waals surface area contributed by atoms with Crippen molar-refractivity contribution in [1.82, 2.24) is 5.32 Å². The summed E-state index contributed by atoms with van der Waals surface area (Å²) in [7, 11) is 0. The highest BCUT2D eigenvalue weighted by Crippen LogP contribution is 2.20. The van der Waals surface area contributed by atoms with Crippen LogP contribution < -0.4 is 5.32 Å². The van der Waals surface area contributed by atoms with Gasteiger partial charge in [-0.1, -0.05) is 63.4 Å². The van der Waals surface area contributed by atoms with Crippen LogP contribution in [0, 0.1) is 5.92 Å². The molecule has 17 heavy (non-hydrogen) atoms. The van der Waals surface area contributed by atoms with Gasteiger partial charge in [-0.25, -0.2) is 0 Å². The summed E-state index contributed by atoms with van der Waals surface area (Å²) < 4.78 is 0. The molecule has 0 saturated heterocycles. The smallest absolute Gasteiger partial charge is 0.207 e. The van der Waals surface area contributed by atoms with Crippen molar-refractivity contribution in [3.63, 3.8) is 0 Å². The van der Waals surface area contributed by atoms with E-state index in [-0.39, 0.29) is 6.04 Å². The second kappa shape index (κ2) is 7.88. The SMILES string of the molecule is CC(C)CCCCC(NC=O)c1ccccc1. The lowest BCUT2D eigenvalue weighted by molar-refractivity contribution is -0.110. The summed E-state index contributed by atoms with van der Waals surface area (Å²) in [4.78, 5) is 10.6. The van der Waals surface area contributed by atoms with Crippen LogP contribution in [0.1, 0.15) is 51.1 Å². The van der Waals surface area contributed by atoms with Crippen LogP contribution in [0.15, 0.2) is 30.3 Å². The summed E-state index contributed by atoms with van der Waals surface area (Å²) in [6.07, 6.45) is 5.50. The molecule has 2 heteroatoms. The second-order valence-corrected chi connectivity index (χ2v) is 4.93. The van der Waals surface area contributed by atoms with Gasteiger partial charge >= 0.3 is 0 Å². The van der Waals surface area contributed by atoms with Crippen LogP contribution in [-0.2, 0) is 4.79 Å². The molecule has 1 rings (SSSR count). The van der Waals surface area contributed by atoms with Crippen molar-refractivity contribution in [1.29, 1.82) is 0 Å². The minimum Gasteiger partial charge on any atom is -0.352 e. The molecule has 1 unspecified atom stereocenters. The third-order valence-electron chi connectivity index (χ3n) is 3.00. The zero-order valence-corrected chi connectivity index (χ0v) is 10.9. The maximum absolute atomic E-state index is 10.6. The average Bonchev–Trinajstić information content (AvgIpc) is 2.34. The molecule has 0 heterocycles. The highest BCUT2D eigenvalue weighted by Gasteiger charge is 2.09. The standard InChI is InChI=1S/C15H23NO/c1-13(2)8-6-7-11-15(16-12-17)14-9-4-3-5-10-14/h3-5,9-10,12-13,15H,6-8,11H2,1-2H3,(H,16,17). The van der Waals surface area contributed by atoms with E-state index in [4.69, 9.17) is 0 Å². The molecule has 2 nitrogen and oxygen atoms in total. The summed E-state index contributed by atoms with van der Waals surface area (Å²) in [5, 5.41) is 2.91. The number of hydrogen-bond donors (Lipinski definition) is 1. The molecule has 1 aromatic carbocycles. The summed E-state index contributed by atoms with van der Waals surface area (Å²) >= 11 is 0. The average molecular weight is 233 g/mol. The van der Waals surface area contributed by atoms with Crippen molar-refractivity contribution in [3.05, 3.63) is 35.9 Å². The lowest BCUT2D eigenvalue weighted by atomic mass is 9.98. The van der Waals surface area contributed by atoms with E-state index in [1.807, 2.05) is 18.2 Å². The number of unbranched alkanes of at least 4 members (excludes halogenated alkanes) is 1. The molecule has 1 aromatic rings. The Morgan fingerprint density at radius 3 is 2.35 bits per heavy atom. The molecular weight excluding hydrogens is 210 g/mol. The molecule has 1 atom stereocenters. The van der Waals surface area contributed by atoms with E-state index in [0.29, 0.717) is 0 Å². The van der Waals surface area contributed by atoms with Gasteiger partial charge in [-0.05, 0) is 17.9 Å². The van der Waals surface area contributed by atoms with E-state index in [1.54, 1.807) is 0 Å². The van der Waals surface area contributed by atoms with Crippen LogP contribution >= 0.6 is 0 Å². The van der Waals surface area contributed by atoms with Gasteiger partial charge in [0.05, 0.1) is 6.04 Å². The molecule has 94 valence electrons. The Bertz CT molecular complexity index is 308. The van der Waals surface area contributed by atoms with Crippen LogP contribution in [0.3, 0.4) is 0 Å². The molecule has 0 aromatic heterocycles. The number of rotatable bonds is 8. The monoisotopic (exact) mass is 233 g/mol. The van der Waals surface area contributed by atoms with Crippen molar-refractivity contribution < 1.29 is 4.79 Å². The van der Waals surface area contributed by atoms with E-state index in [1.165, 1.54) is 24.8 Å². The number of carbonyl (C=O) groups is 1. The summed E-state index contributed by atoms with van der Waals surface area (Å²) in [6.45, 7) is 4.50. The van der Waals surface area contributed by atoms with Gasteiger partial charge < -0.3 is 5.32 Å². The topological polar surface area (TPSA) is 29.1 Å². The third kappa shape index (κ3) is 5.53. The maximum atomic E-state index is 10.6. The zero-order chi connectivity index (χ0) is 12.5. The van der Waals surface area contributed by atoms with Gasteiger partial charge in [0.2, 0.25) is 6.41 Å². The molecular formula is C15H23NO. The zero-order valence-electron chi connectivity index (χ0n) is 10.9. The fourth-order valence-corrected chi connectivity index (χ4v) is 2.01. The van der Waals surface area contributed by atoms with Crippen LogP contribution in [0.4, 0.5) is 0 Å². The van der Waals surface area contributed by atoms with Crippen molar-refractivity contribution in [3.8, 4) is 0 Å². The fraction of sp³-hybridized carbons (Fsp3) is 0.533. The van der Waals surface area contributed by atoms with Gasteiger partial charge in [0.25, 0.3) is 0 Å². The highest BCUT2D eigenvalue weighted by atomic mass is 16.1. The van der Waals surface area contributed by atoms with Gasteiger partial charge in [-0.2, -0.15) is 0 Å². The Balaban J connectivity index is 2.41. The minimum absolute atomic E-state index is 0.167. The Labute approximate surface area is 104 Å². The van der Waals surface area contributed by atoms with Crippen LogP contribution in [0.5, 0.6) is 0 Å². The van der Waals surface area contributed by atoms with Gasteiger partial charge in [-0.15, -0.1) is 0 Å². The first-order chi connectivity index (χ1) is 8.24. The Morgan fingerprint density at radius 2 is 1.76 bits per heavy atom. The molecule has 0 aliphatic heterocycles. The lowest BCUT2D eigenvalue weighted by Gasteiger charge is -2.16. The molecule has 0 fully saturated rings. The first kappa shape index (κ1) is 13.8. The number of amides is 1. The Kier molecular flexibility index (Phi) is 6.38. The summed E-state index contributed by atoms with van der Waals surface area (Å²) in [6, 6.07) is 10.3. The molecule has 0 spiro atoms. The van der Waals surface area contributed by atoms with Gasteiger partial charge in [0, 0.05) is 0 Å². The van der Waals surface area contributed by atoms with E-state index in [9.17, 15) is 4.79 Å². The predicted octanol–water partition coefficient (Wildman–Crippen LogP) is 3.69. The molecule has 0 aliphatic carbocycles. The van der Waals surface area contributed by atoms with E-state index < -0.39 is 0 Å². The highest BCUT2D eigenvalue weighted by molar-refractivity contribution is 5.47. The molecule has 0 saturated carbocycles. The first-order valence-corrected chi connectivity index (χ1v) is 6.48. The van der Waals surface area contributed by atoms with Crippen molar-refractivity contribution in [2.75, 3.05) is 0 Å². The summed E-state index contributed by atoms with van der Waals surface area (Å²) in [5.41, 5.74) is 1.20. The van der Waals surface area contributed by atoms with Crippen molar-refractivity contribution >= 4 is 6.41 Å². The van der Waals surface area contributed by atoms with E-state index in [2.05, 4.69) is 31.3 Å². The molecule has 0 bridgehead atoms. The van der Waals surface area contributed by atoms with Crippen molar-refractivity contribution in [2.24, 2.45) is 5.92 Å². The number of hydrogen-bond acceptors (Lipinski definition) is 1. The van der Waals surface area contributed by atoms with Crippen LogP contribution in [0.25, 0.3) is 0 Å². The maximum Gasteiger partial charge on any atom is 0.207 e. The summed E-state index contributed by atoms with van der Waals surface area (Å²) in [5.74, 6) is 0.768. The number of carbonyl (C=O) groups excluding carboxylic acids is 1. The quantitative estimate of drug-likeness (QED) is 0.538. The Morgan fingerprint density at radius 1 is 1.12 bits per heavy atom. The van der Waals surface area contributed by atoms with Gasteiger partial charge in [-0.3, -0.25) is 4.79 Å². The molecule has 0 aliphatic rings. The Hall–Kier alpha value is -1.31. The third-order valence-corrected chi connectivity index (χ3v) is 3.00. The second-order valence-electron chi connectivity index (χ2n) is 4.93. The normalized spacial score (nSPS) is 12.4. The molecule has 0 radical (unpaired) electrons.